The molecule has 0 bridgehead atoms. The van der Waals surface area contributed by atoms with Crippen LogP contribution in [0.3, 0.4) is 0 Å². The summed E-state index contributed by atoms with van der Waals surface area (Å²) in [6.07, 6.45) is 6.94. The molecule has 0 fully saturated rings. The lowest BCUT2D eigenvalue weighted by molar-refractivity contribution is -0.137. The van der Waals surface area contributed by atoms with Crippen LogP contribution in [0.25, 0.3) is 21.8 Å². The lowest BCUT2D eigenvalue weighted by atomic mass is 10.1. The Kier molecular flexibility index (Phi) is 42.0. The molecule has 2 heterocycles. The van der Waals surface area contributed by atoms with Gasteiger partial charge in [0.15, 0.2) is 28.7 Å². The molecule has 130 heavy (non-hydrogen) atoms. The summed E-state index contributed by atoms with van der Waals surface area (Å²) in [6.45, 7) is 16.3. The number of halogens is 6. The number of ether oxygens (including phenoxy) is 8. The van der Waals surface area contributed by atoms with Crippen molar-refractivity contribution in [1.82, 2.24) is 9.97 Å². The number of unbranched alkanes of at least 4 members (excludes halogenated alkanes) is 2. The van der Waals surface area contributed by atoms with Crippen molar-refractivity contribution in [1.29, 1.82) is 0 Å². The number of aryl methyl sites for hydroxylation is 2. The van der Waals surface area contributed by atoms with Crippen LogP contribution in [0, 0.1) is 36.0 Å². The van der Waals surface area contributed by atoms with E-state index in [2.05, 4.69) is 71.5 Å². The molecule has 0 aliphatic rings. The van der Waals surface area contributed by atoms with Crippen molar-refractivity contribution in [2.45, 2.75) is 143 Å². The van der Waals surface area contributed by atoms with Crippen molar-refractivity contribution in [2.75, 3.05) is 29.2 Å². The number of carbonyl (C=O) groups excluding carboxylic acids is 4. The number of nitrogens with two attached hydrogens (primary N) is 1. The van der Waals surface area contributed by atoms with E-state index in [9.17, 15) is 28.8 Å². The number of terminal acetylenes is 1. The Labute approximate surface area is 788 Å². The summed E-state index contributed by atoms with van der Waals surface area (Å²) in [5, 5.41) is 46.5. The monoisotopic (exact) mass is 1930 g/mol. The second-order valence-electron chi connectivity index (χ2n) is 30.8. The number of anilines is 3. The molecule has 2 aromatic heterocycles. The predicted octanol–water partition coefficient (Wildman–Crippen LogP) is 26.6. The number of carbonyl (C=O) groups is 6. The molecule has 30 heteroatoms. The number of rotatable bonds is 25. The van der Waals surface area contributed by atoms with Gasteiger partial charge in [-0.15, -0.1) is 12.3 Å². The molecule has 0 aliphatic carbocycles. The summed E-state index contributed by atoms with van der Waals surface area (Å²) in [5.41, 5.74) is 8.92. The number of carboxylic acids is 2. The summed E-state index contributed by atoms with van der Waals surface area (Å²) in [4.78, 5) is 75.1. The average molecular weight is 1930 g/mol. The van der Waals surface area contributed by atoms with Crippen molar-refractivity contribution in [2.24, 2.45) is 5.73 Å². The molecule has 0 unspecified atom stereocenters. The summed E-state index contributed by atoms with van der Waals surface area (Å²) in [5.74, 6) is 17.4. The van der Waals surface area contributed by atoms with Crippen LogP contribution in [0.1, 0.15) is 136 Å². The van der Waals surface area contributed by atoms with Gasteiger partial charge in [-0.3, -0.25) is 30.3 Å². The van der Waals surface area contributed by atoms with Gasteiger partial charge < -0.3 is 74.0 Å². The van der Waals surface area contributed by atoms with Gasteiger partial charge >= 0.3 is 30.2 Å². The highest BCUT2D eigenvalue weighted by atomic mass is 79.9. The van der Waals surface area contributed by atoms with Crippen LogP contribution in [-0.2, 0) is 41.4 Å². The van der Waals surface area contributed by atoms with Crippen LogP contribution in [0.2, 0.25) is 25.1 Å². The van der Waals surface area contributed by atoms with Crippen molar-refractivity contribution < 1.29 is 87.1 Å². The zero-order valence-corrected chi connectivity index (χ0v) is 78.1. The van der Waals surface area contributed by atoms with E-state index >= 15 is 0 Å². The van der Waals surface area contributed by atoms with E-state index in [0.717, 1.165) is 45.4 Å². The molecule has 12 aromatic rings. The minimum atomic E-state index is -0.946. The van der Waals surface area contributed by atoms with Crippen molar-refractivity contribution in [3.63, 3.8) is 0 Å². The number of carboxylic acid groups (broad SMARTS) is 2. The van der Waals surface area contributed by atoms with Gasteiger partial charge in [0.25, 0.3) is 0 Å². The molecule has 0 atom stereocenters. The summed E-state index contributed by atoms with van der Waals surface area (Å²) < 4.78 is 45.8. The van der Waals surface area contributed by atoms with Crippen LogP contribution in [0.5, 0.6) is 57.5 Å². The maximum absolute atomic E-state index is 12.2. The van der Waals surface area contributed by atoms with Crippen LogP contribution >= 0.6 is 73.9 Å². The third-order valence-corrected chi connectivity index (χ3v) is 18.9. The van der Waals surface area contributed by atoms with Gasteiger partial charge in [-0.05, 0) is 237 Å². The molecule has 12 rings (SSSR count). The number of fused-ring (bicyclic) bond motifs is 2. The first-order valence-electron chi connectivity index (χ1n) is 40.6. The van der Waals surface area contributed by atoms with Gasteiger partial charge in [0, 0.05) is 72.1 Å². The van der Waals surface area contributed by atoms with Gasteiger partial charge in [-0.1, -0.05) is 173 Å². The number of aromatic nitrogens is 2. The van der Waals surface area contributed by atoms with Gasteiger partial charge in [0.2, 0.25) is 5.91 Å². The summed E-state index contributed by atoms with van der Waals surface area (Å²) in [6, 6.07) is 67.2. The SMILES string of the molecule is C#CCCCO.CC(C)(C)OC(=O)Nc1ccc(Cl)c(Oc2ccccc2)c1Br.CC(C)(C)OC(=O)Nc1ccc(Cl)c(Oc2ccccc2)c1C#CCCC(=O)O.CC(C)(C)OC(=O)Nc1ccc(Cl)c(Oc2ccccc2)c1C#CCCCO.NC(=O)CCc1cc2c(Oc3ccccc3)c(Cl)ccc2[nH]1.O=C(O)CCc1cc2c(Oc3ccccc3)c(Cl)ccc2[nH]1. The van der Waals surface area contributed by atoms with E-state index in [-0.39, 0.29) is 44.1 Å². The number of aliphatic hydroxyl groups excluding tert-OH is 2. The Morgan fingerprint density at radius 1 is 0.400 bits per heavy atom. The van der Waals surface area contributed by atoms with E-state index in [0.29, 0.717) is 142 Å². The van der Waals surface area contributed by atoms with Crippen molar-refractivity contribution in [3.8, 4) is 93.5 Å². The molecule has 0 radical (unpaired) electrons. The van der Waals surface area contributed by atoms with E-state index < -0.39 is 47.0 Å². The summed E-state index contributed by atoms with van der Waals surface area (Å²) in [7, 11) is 0. The number of primary amides is 1. The molecule has 0 spiro atoms. The number of nitrogens with one attached hydrogen (secondary N) is 5. The fourth-order valence-corrected chi connectivity index (χ4v) is 12.6. The van der Waals surface area contributed by atoms with E-state index in [1.54, 1.807) is 135 Å². The minimum Gasteiger partial charge on any atom is -0.481 e. The van der Waals surface area contributed by atoms with Crippen LogP contribution < -0.4 is 45.4 Å². The summed E-state index contributed by atoms with van der Waals surface area (Å²) >= 11 is 34.8. The third kappa shape index (κ3) is 37.0. The number of hydrogen-bond donors (Lipinski definition) is 10. The largest absolute Gasteiger partial charge is 0.481 e. The number of amides is 4. The number of benzene rings is 10. The third-order valence-electron chi connectivity index (χ3n) is 16.6. The maximum Gasteiger partial charge on any atom is 0.412 e. The first-order valence-corrected chi connectivity index (χ1v) is 43.3. The first-order chi connectivity index (χ1) is 61.9. The highest BCUT2D eigenvalue weighted by Crippen LogP contribution is 2.44. The molecular formula is C100H100BrCl5N6O18. The molecule has 4 amide bonds. The van der Waals surface area contributed by atoms with E-state index in [4.69, 9.17) is 128 Å². The normalized spacial score (nSPS) is 10.6. The number of hydrogen-bond acceptors (Lipinski definition) is 16. The fraction of sp³-hybridized carbons (Fsp3) is 0.240. The van der Waals surface area contributed by atoms with Gasteiger partial charge in [-0.2, -0.15) is 0 Å². The lowest BCUT2D eigenvalue weighted by Crippen LogP contribution is -2.27. The Hall–Kier alpha value is -13.0. The zero-order chi connectivity index (χ0) is 94.9. The fourth-order valence-electron chi connectivity index (χ4n) is 11.0. The highest BCUT2D eigenvalue weighted by molar-refractivity contribution is 9.10. The van der Waals surface area contributed by atoms with E-state index in [1.807, 2.05) is 152 Å². The Bertz CT molecular complexity index is 5800. The molecule has 680 valence electrons. The van der Waals surface area contributed by atoms with Crippen molar-refractivity contribution >= 4 is 149 Å². The Morgan fingerprint density at radius 2 is 0.700 bits per heavy atom. The maximum atomic E-state index is 12.2. The second kappa shape index (κ2) is 52.5. The molecule has 24 nitrogen and oxygen atoms in total. The number of H-pyrrole nitrogens is 2. The lowest BCUT2D eigenvalue weighted by Gasteiger charge is -2.20. The molecule has 10 aromatic carbocycles. The number of aliphatic hydroxyl groups is 2. The Morgan fingerprint density at radius 3 is 1.03 bits per heavy atom. The number of para-hydroxylation sites is 5. The standard InChI is InChI=1S/C22H22ClNO5.C22H24ClNO4.C17H17BrClNO3.C17H15ClN2O2.C17H14ClNO3.C5H8O/c1-22(2,3)29-21(27)24-18-14-13-17(23)20(28-15-9-5-4-6-10-15)16(18)11-7-8-12-19(25)26;1-22(2,3)28-21(26)24-19-14-13-18(23)20(17(19)12-8-5-9-15-25)27-16-10-6-4-7-11-16;1-17(2,3)23-16(21)20-13-10-9-12(19)15(14(13)18)22-11-7-5-4-6-8-11;18-14-7-8-15-13(10-11(20-15)6-9-16(19)21)17(14)22-12-4-2-1-3-5-12;18-14-7-8-15-13(10-11(19-15)6-9-16(20)21)17(14)22-12-4-2-1-3-5-12;1-2-3-4-5-6/h4-6,9-10,13-14H,8,12H2,1-3H3,(H,24,27)(H,25,26);4,6-7,10-11,13-14,25H,5,9,15H2,1-3H3,(H,24,26);4-10H,1-3H3,(H,20,21);1-5,7-8,10,20H,6,9H2,(H2,19,21);1-5,7-8,10,19H,6,9H2,(H,20,21);1,6H,3-5H2. The Balaban J connectivity index is 0.000000219. The smallest absolute Gasteiger partial charge is 0.412 e. The highest BCUT2D eigenvalue weighted by Gasteiger charge is 2.25. The number of aliphatic carboxylic acids is 2. The molecule has 0 saturated heterocycles. The van der Waals surface area contributed by atoms with Crippen molar-refractivity contribution in [3.05, 3.63) is 277 Å². The molecule has 0 saturated carbocycles. The quantitative estimate of drug-likeness (QED) is 0.0144. The number of aromatic amines is 2. The first kappa shape index (κ1) is 104. The zero-order valence-electron chi connectivity index (χ0n) is 72.8. The van der Waals surface area contributed by atoms with Crippen LogP contribution in [0.4, 0.5) is 31.4 Å². The predicted molar refractivity (Wildman–Crippen MR) is 516 cm³/mol. The molecule has 0 aliphatic heterocycles. The van der Waals surface area contributed by atoms with Gasteiger partial charge in [0.05, 0.1) is 70.6 Å². The van der Waals surface area contributed by atoms with Gasteiger partial charge in [0.1, 0.15) is 45.6 Å². The average Bonchev–Trinajstić information content (AvgIpc) is 1.65. The van der Waals surface area contributed by atoms with Crippen LogP contribution in [0.15, 0.2) is 229 Å². The van der Waals surface area contributed by atoms with Gasteiger partial charge in [-0.25, -0.2) is 14.4 Å². The molecule has 11 N–H and O–H groups in total. The topological polar surface area (TPSA) is 351 Å². The van der Waals surface area contributed by atoms with Crippen LogP contribution in [-0.4, -0.2) is 96.5 Å². The van der Waals surface area contributed by atoms with E-state index in [1.165, 1.54) is 0 Å². The second-order valence-corrected chi connectivity index (χ2v) is 33.6. The molecular weight excluding hydrogens is 1830 g/mol. The minimum absolute atomic E-state index is 0.0562.